The van der Waals surface area contributed by atoms with Gasteiger partial charge in [0.15, 0.2) is 11.5 Å². The largest absolute Gasteiger partial charge is 0.497 e. The van der Waals surface area contributed by atoms with Gasteiger partial charge in [-0.2, -0.15) is 0 Å². The number of hydrogen-bond donors (Lipinski definition) is 1. The molecule has 2 aromatic carbocycles. The van der Waals surface area contributed by atoms with Crippen molar-refractivity contribution in [2.45, 2.75) is 31.8 Å². The zero-order valence-corrected chi connectivity index (χ0v) is 20.2. The number of rotatable bonds is 12. The molecule has 0 radical (unpaired) electrons. The number of hydrogen-bond acceptors (Lipinski definition) is 9. The van der Waals surface area contributed by atoms with Crippen LogP contribution in [0.5, 0.6) is 17.2 Å². The third kappa shape index (κ3) is 6.17. The van der Waals surface area contributed by atoms with E-state index in [1.807, 2.05) is 54.6 Å². The summed E-state index contributed by atoms with van der Waals surface area (Å²) >= 11 is 0. The molecule has 190 valence electrons. The van der Waals surface area contributed by atoms with Gasteiger partial charge in [-0.1, -0.05) is 17.3 Å². The average molecular weight is 495 g/mol. The Bertz CT molecular complexity index is 1160. The van der Waals surface area contributed by atoms with Crippen molar-refractivity contribution < 1.29 is 33.3 Å². The Balaban J connectivity index is 1.20. The second-order valence-electron chi connectivity index (χ2n) is 8.83. The summed E-state index contributed by atoms with van der Waals surface area (Å²) in [7, 11) is 1.65. The number of methoxy groups -OCH3 is 1. The van der Waals surface area contributed by atoms with Gasteiger partial charge in [0.1, 0.15) is 24.2 Å². The topological polar surface area (TPSA) is 95.1 Å². The Morgan fingerprint density at radius 3 is 2.89 bits per heavy atom. The lowest BCUT2D eigenvalue weighted by molar-refractivity contribution is -0.00956. The van der Waals surface area contributed by atoms with Crippen molar-refractivity contribution in [2.24, 2.45) is 5.16 Å². The van der Waals surface area contributed by atoms with E-state index < -0.39 is 6.10 Å². The molecule has 3 aromatic rings. The Kier molecular flexibility index (Phi) is 7.70. The van der Waals surface area contributed by atoms with Crippen LogP contribution in [-0.2, 0) is 22.7 Å². The van der Waals surface area contributed by atoms with Crippen LogP contribution >= 0.6 is 0 Å². The number of oxime groups is 1. The molecule has 0 saturated carbocycles. The Labute approximate surface area is 209 Å². The minimum Gasteiger partial charge on any atom is -0.497 e. The van der Waals surface area contributed by atoms with Crippen molar-refractivity contribution in [1.82, 2.24) is 4.90 Å². The molecular formula is C27H30N2O7. The van der Waals surface area contributed by atoms with Crippen molar-refractivity contribution >= 4 is 5.71 Å². The maximum Gasteiger partial charge on any atom is 0.231 e. The number of aliphatic hydroxyl groups is 1. The lowest BCUT2D eigenvalue weighted by atomic mass is 10.0. The fourth-order valence-electron chi connectivity index (χ4n) is 4.33. The summed E-state index contributed by atoms with van der Waals surface area (Å²) in [6, 6.07) is 17.4. The van der Waals surface area contributed by atoms with Gasteiger partial charge in [-0.05, 0) is 48.0 Å². The average Bonchev–Trinajstić information content (AvgIpc) is 3.66. The fourth-order valence-corrected chi connectivity index (χ4v) is 4.33. The van der Waals surface area contributed by atoms with Crippen LogP contribution in [0.2, 0.25) is 0 Å². The van der Waals surface area contributed by atoms with E-state index in [1.165, 1.54) is 0 Å². The third-order valence-electron chi connectivity index (χ3n) is 6.04. The first-order valence-corrected chi connectivity index (χ1v) is 11.9. The summed E-state index contributed by atoms with van der Waals surface area (Å²) in [5.74, 6) is 2.97. The molecule has 0 aliphatic carbocycles. The predicted molar refractivity (Wildman–Crippen MR) is 131 cm³/mol. The maximum absolute atomic E-state index is 10.7. The Morgan fingerprint density at radius 1 is 1.11 bits per heavy atom. The van der Waals surface area contributed by atoms with Crippen LogP contribution in [0.25, 0.3) is 0 Å². The van der Waals surface area contributed by atoms with E-state index in [4.69, 9.17) is 28.2 Å². The van der Waals surface area contributed by atoms with Gasteiger partial charge in [-0.15, -0.1) is 0 Å². The quantitative estimate of drug-likeness (QED) is 0.408. The van der Waals surface area contributed by atoms with E-state index in [9.17, 15) is 5.11 Å². The summed E-state index contributed by atoms with van der Waals surface area (Å²) in [6.45, 7) is 2.36. The Morgan fingerprint density at radius 2 is 2.03 bits per heavy atom. The van der Waals surface area contributed by atoms with E-state index >= 15 is 0 Å². The van der Waals surface area contributed by atoms with Crippen molar-refractivity contribution in [3.05, 3.63) is 77.7 Å². The number of furan rings is 1. The molecule has 0 bridgehead atoms. The fraction of sp³-hybridized carbons (Fsp3) is 0.370. The van der Waals surface area contributed by atoms with Crippen LogP contribution in [-0.4, -0.2) is 61.5 Å². The molecule has 1 N–H and O–H groups in total. The highest BCUT2D eigenvalue weighted by molar-refractivity contribution is 6.01. The van der Waals surface area contributed by atoms with Crippen molar-refractivity contribution in [2.75, 3.05) is 33.6 Å². The molecule has 0 amide bonds. The number of ether oxygens (including phenoxy) is 4. The summed E-state index contributed by atoms with van der Waals surface area (Å²) in [6.07, 6.45) is 1.43. The standard InChI is InChI=1S/C27H30N2O7/c1-31-22-5-2-4-19(10-22)13-29(14-21(30)16-32-17-23-6-3-9-33-23)15-24-12-25(28-36-24)20-7-8-26-27(11-20)35-18-34-26/h2-11,21,24,30H,12-18H2,1H3/t21-,24+/m1/s1. The number of aliphatic hydroxyl groups excluding tert-OH is 1. The molecule has 0 fully saturated rings. The van der Waals surface area contributed by atoms with Crippen LogP contribution in [0.15, 0.2) is 70.4 Å². The van der Waals surface area contributed by atoms with Crippen molar-refractivity contribution in [1.29, 1.82) is 0 Å². The smallest absolute Gasteiger partial charge is 0.231 e. The highest BCUT2D eigenvalue weighted by atomic mass is 16.7. The molecule has 1 aromatic heterocycles. The van der Waals surface area contributed by atoms with Gasteiger partial charge < -0.3 is 33.3 Å². The normalized spacial score (nSPS) is 17.2. The van der Waals surface area contributed by atoms with Gasteiger partial charge in [0.25, 0.3) is 0 Å². The van der Waals surface area contributed by atoms with E-state index in [-0.39, 0.29) is 19.5 Å². The van der Waals surface area contributed by atoms with Crippen LogP contribution in [0, 0.1) is 0 Å². The lowest BCUT2D eigenvalue weighted by Gasteiger charge is -2.27. The summed E-state index contributed by atoms with van der Waals surface area (Å²) in [4.78, 5) is 7.94. The van der Waals surface area contributed by atoms with Crippen molar-refractivity contribution in [3.63, 3.8) is 0 Å². The molecular weight excluding hydrogens is 464 g/mol. The molecule has 0 saturated heterocycles. The van der Waals surface area contributed by atoms with E-state index in [0.717, 1.165) is 39.8 Å². The van der Waals surface area contributed by atoms with E-state index in [2.05, 4.69) is 10.1 Å². The molecule has 2 aliphatic heterocycles. The molecule has 2 aliphatic rings. The third-order valence-corrected chi connectivity index (χ3v) is 6.04. The minimum absolute atomic E-state index is 0.146. The first kappa shape index (κ1) is 24.2. The first-order valence-electron chi connectivity index (χ1n) is 11.9. The van der Waals surface area contributed by atoms with Gasteiger partial charge in [0.2, 0.25) is 6.79 Å². The van der Waals surface area contributed by atoms with Gasteiger partial charge in [-0.25, -0.2) is 0 Å². The molecule has 36 heavy (non-hydrogen) atoms. The second kappa shape index (κ2) is 11.5. The highest BCUT2D eigenvalue weighted by Crippen LogP contribution is 2.33. The highest BCUT2D eigenvalue weighted by Gasteiger charge is 2.27. The molecule has 3 heterocycles. The maximum atomic E-state index is 10.7. The van der Waals surface area contributed by atoms with E-state index in [0.29, 0.717) is 32.7 Å². The first-order chi connectivity index (χ1) is 17.7. The molecule has 0 unspecified atom stereocenters. The number of benzene rings is 2. The summed E-state index contributed by atoms with van der Waals surface area (Å²) in [5, 5.41) is 15.0. The monoisotopic (exact) mass is 494 g/mol. The second-order valence-corrected chi connectivity index (χ2v) is 8.83. The zero-order chi connectivity index (χ0) is 24.7. The van der Waals surface area contributed by atoms with Gasteiger partial charge >= 0.3 is 0 Å². The SMILES string of the molecule is COc1cccc(CN(C[C@@H](O)COCc2ccco2)C[C@@H]2CC(c3ccc4c(c3)OCO4)=NO2)c1. The van der Waals surface area contributed by atoms with Gasteiger partial charge in [0.05, 0.1) is 31.8 Å². The van der Waals surface area contributed by atoms with E-state index in [1.54, 1.807) is 13.4 Å². The lowest BCUT2D eigenvalue weighted by Crippen LogP contribution is -2.39. The molecule has 5 rings (SSSR count). The molecule has 2 atom stereocenters. The number of fused-ring (bicyclic) bond motifs is 1. The van der Waals surface area contributed by atoms with Gasteiger partial charge in [-0.3, -0.25) is 4.90 Å². The minimum atomic E-state index is -0.679. The molecule has 0 spiro atoms. The summed E-state index contributed by atoms with van der Waals surface area (Å²) in [5.41, 5.74) is 2.89. The predicted octanol–water partition coefficient (Wildman–Crippen LogP) is 3.59. The molecule has 9 nitrogen and oxygen atoms in total. The van der Waals surface area contributed by atoms with Crippen LogP contribution < -0.4 is 14.2 Å². The van der Waals surface area contributed by atoms with Crippen LogP contribution in [0.3, 0.4) is 0 Å². The van der Waals surface area contributed by atoms with Crippen LogP contribution in [0.1, 0.15) is 23.3 Å². The molecule has 9 heteroatoms. The number of nitrogens with zero attached hydrogens (tertiary/aromatic N) is 2. The van der Waals surface area contributed by atoms with Gasteiger partial charge in [0, 0.05) is 31.6 Å². The van der Waals surface area contributed by atoms with Crippen molar-refractivity contribution in [3.8, 4) is 17.2 Å². The summed E-state index contributed by atoms with van der Waals surface area (Å²) < 4.78 is 27.2. The van der Waals surface area contributed by atoms with Crippen LogP contribution in [0.4, 0.5) is 0 Å². The Hall–Kier alpha value is -3.53. The zero-order valence-electron chi connectivity index (χ0n) is 20.2.